The SMILES string of the molecule is CC(CN)(NC(=O)c1cc(Cl)cc([N+](=O)[O-])c1)C1CC1.Cl. The Labute approximate surface area is 133 Å². The second-order valence-corrected chi connectivity index (χ2v) is 5.74. The van der Waals surface area contributed by atoms with Gasteiger partial charge in [-0.25, -0.2) is 0 Å². The van der Waals surface area contributed by atoms with Gasteiger partial charge in [-0.05, 0) is 31.7 Å². The zero-order valence-electron chi connectivity index (χ0n) is 11.5. The summed E-state index contributed by atoms with van der Waals surface area (Å²) in [5, 5.41) is 13.8. The molecule has 0 radical (unpaired) electrons. The third-order valence-corrected chi connectivity index (χ3v) is 3.88. The fourth-order valence-corrected chi connectivity index (χ4v) is 2.41. The smallest absolute Gasteiger partial charge is 0.271 e. The molecule has 116 valence electrons. The average Bonchev–Trinajstić information content (AvgIpc) is 3.22. The van der Waals surface area contributed by atoms with Crippen LogP contribution in [0.15, 0.2) is 18.2 Å². The summed E-state index contributed by atoms with van der Waals surface area (Å²) in [4.78, 5) is 22.4. The highest BCUT2D eigenvalue weighted by Gasteiger charge is 2.41. The quantitative estimate of drug-likeness (QED) is 0.638. The first-order chi connectivity index (χ1) is 9.35. The molecule has 1 aliphatic rings. The molecule has 0 heterocycles. The lowest BCUT2D eigenvalue weighted by molar-refractivity contribution is -0.384. The third kappa shape index (κ3) is 4.06. The van der Waals surface area contributed by atoms with Crippen LogP contribution in [0.1, 0.15) is 30.1 Å². The molecule has 8 heteroatoms. The van der Waals surface area contributed by atoms with Gasteiger partial charge in [0.05, 0.1) is 10.5 Å². The third-order valence-electron chi connectivity index (χ3n) is 3.66. The van der Waals surface area contributed by atoms with E-state index in [1.54, 1.807) is 0 Å². The minimum absolute atomic E-state index is 0. The lowest BCUT2D eigenvalue weighted by atomic mass is 9.95. The number of carbonyl (C=O) groups is 1. The average molecular weight is 334 g/mol. The van der Waals surface area contributed by atoms with Gasteiger partial charge in [-0.15, -0.1) is 12.4 Å². The van der Waals surface area contributed by atoms with E-state index in [9.17, 15) is 14.9 Å². The topological polar surface area (TPSA) is 98.3 Å². The van der Waals surface area contributed by atoms with Crippen LogP contribution in [0.3, 0.4) is 0 Å². The molecule has 0 aliphatic heterocycles. The normalized spacial score (nSPS) is 16.5. The Kier molecular flexibility index (Phi) is 5.55. The van der Waals surface area contributed by atoms with Gasteiger partial charge in [-0.2, -0.15) is 0 Å². The molecule has 1 fully saturated rings. The van der Waals surface area contributed by atoms with Gasteiger partial charge in [0.25, 0.3) is 11.6 Å². The van der Waals surface area contributed by atoms with Crippen LogP contribution in [0, 0.1) is 16.0 Å². The minimum atomic E-state index is -0.578. The van der Waals surface area contributed by atoms with E-state index < -0.39 is 16.4 Å². The van der Waals surface area contributed by atoms with Crippen LogP contribution in [-0.2, 0) is 0 Å². The highest BCUT2D eigenvalue weighted by Crippen LogP contribution is 2.39. The molecule has 0 aromatic heterocycles. The molecule has 0 spiro atoms. The molecule has 1 aromatic carbocycles. The molecule has 1 aromatic rings. The van der Waals surface area contributed by atoms with Crippen molar-refractivity contribution in [1.82, 2.24) is 5.32 Å². The first-order valence-corrected chi connectivity index (χ1v) is 6.71. The lowest BCUT2D eigenvalue weighted by Gasteiger charge is -2.29. The van der Waals surface area contributed by atoms with Crippen molar-refractivity contribution >= 4 is 35.6 Å². The van der Waals surface area contributed by atoms with E-state index in [0.29, 0.717) is 12.5 Å². The molecule has 6 nitrogen and oxygen atoms in total. The molecular weight excluding hydrogens is 317 g/mol. The predicted octanol–water partition coefficient (Wildman–Crippen LogP) is 2.53. The van der Waals surface area contributed by atoms with Crippen molar-refractivity contribution in [2.75, 3.05) is 6.54 Å². The van der Waals surface area contributed by atoms with E-state index in [2.05, 4.69) is 5.32 Å². The summed E-state index contributed by atoms with van der Waals surface area (Å²) >= 11 is 5.81. The number of amides is 1. The van der Waals surface area contributed by atoms with Crippen molar-refractivity contribution < 1.29 is 9.72 Å². The molecule has 1 unspecified atom stereocenters. The Bertz CT molecular complexity index is 564. The molecule has 0 bridgehead atoms. The van der Waals surface area contributed by atoms with Gasteiger partial charge in [0.2, 0.25) is 0 Å². The molecule has 1 saturated carbocycles. The highest BCUT2D eigenvalue weighted by molar-refractivity contribution is 6.31. The van der Waals surface area contributed by atoms with Gasteiger partial charge >= 0.3 is 0 Å². The minimum Gasteiger partial charge on any atom is -0.345 e. The largest absolute Gasteiger partial charge is 0.345 e. The molecule has 2 rings (SSSR count). The zero-order valence-corrected chi connectivity index (χ0v) is 13.0. The number of hydrogen-bond donors (Lipinski definition) is 2. The van der Waals surface area contributed by atoms with Crippen LogP contribution in [-0.4, -0.2) is 22.9 Å². The van der Waals surface area contributed by atoms with E-state index in [-0.39, 0.29) is 28.7 Å². The number of carbonyl (C=O) groups excluding carboxylic acids is 1. The van der Waals surface area contributed by atoms with Crippen molar-refractivity contribution in [2.45, 2.75) is 25.3 Å². The van der Waals surface area contributed by atoms with E-state index in [1.165, 1.54) is 18.2 Å². The molecule has 0 saturated heterocycles. The molecule has 1 aliphatic carbocycles. The standard InChI is InChI=1S/C13H16ClN3O3.ClH/c1-13(7-15,9-2-3-9)16-12(18)8-4-10(14)6-11(5-8)17(19)20;/h4-6,9H,2-3,7,15H2,1H3,(H,16,18);1H. The summed E-state index contributed by atoms with van der Waals surface area (Å²) in [6, 6.07) is 3.83. The van der Waals surface area contributed by atoms with Gasteiger partial charge in [-0.1, -0.05) is 11.6 Å². The van der Waals surface area contributed by atoms with E-state index in [0.717, 1.165) is 12.8 Å². The maximum Gasteiger partial charge on any atom is 0.271 e. The monoisotopic (exact) mass is 333 g/mol. The summed E-state index contributed by atoms with van der Waals surface area (Å²) < 4.78 is 0. The van der Waals surface area contributed by atoms with Crippen molar-refractivity contribution in [1.29, 1.82) is 0 Å². The number of nitrogens with zero attached hydrogens (tertiary/aromatic N) is 1. The Balaban J connectivity index is 0.00000220. The number of nitrogens with two attached hydrogens (primary N) is 1. The van der Waals surface area contributed by atoms with Crippen molar-refractivity contribution in [3.63, 3.8) is 0 Å². The molecule has 21 heavy (non-hydrogen) atoms. The fraction of sp³-hybridized carbons (Fsp3) is 0.462. The first kappa shape index (κ1) is 17.7. The van der Waals surface area contributed by atoms with Crippen LogP contribution >= 0.6 is 24.0 Å². The Morgan fingerprint density at radius 2 is 2.14 bits per heavy atom. The van der Waals surface area contributed by atoms with Crippen molar-refractivity contribution in [3.05, 3.63) is 38.9 Å². The molecule has 1 amide bonds. The second kappa shape index (κ2) is 6.60. The van der Waals surface area contributed by atoms with Gasteiger partial charge in [0.1, 0.15) is 0 Å². The summed E-state index contributed by atoms with van der Waals surface area (Å²) in [5.74, 6) is -0.0268. The number of halogens is 2. The van der Waals surface area contributed by atoms with E-state index in [1.807, 2.05) is 6.92 Å². The number of nitrogens with one attached hydrogen (secondary N) is 1. The maximum absolute atomic E-state index is 12.2. The number of hydrogen-bond acceptors (Lipinski definition) is 4. The number of nitro groups is 1. The van der Waals surface area contributed by atoms with E-state index >= 15 is 0 Å². The molecular formula is C13H17Cl2N3O3. The maximum atomic E-state index is 12.2. The Morgan fingerprint density at radius 3 is 2.62 bits per heavy atom. The van der Waals surface area contributed by atoms with Gasteiger partial charge in [-0.3, -0.25) is 14.9 Å². The summed E-state index contributed by atoms with van der Waals surface area (Å²) in [7, 11) is 0. The van der Waals surface area contributed by atoms with Crippen LogP contribution < -0.4 is 11.1 Å². The zero-order chi connectivity index (χ0) is 14.9. The second-order valence-electron chi connectivity index (χ2n) is 5.31. The lowest BCUT2D eigenvalue weighted by Crippen LogP contribution is -2.53. The number of benzene rings is 1. The van der Waals surface area contributed by atoms with Crippen LogP contribution in [0.5, 0.6) is 0 Å². The number of nitro benzene ring substituents is 1. The summed E-state index contributed by atoms with van der Waals surface area (Å²) in [6.07, 6.45) is 2.06. The van der Waals surface area contributed by atoms with Crippen LogP contribution in [0.2, 0.25) is 5.02 Å². The van der Waals surface area contributed by atoms with Crippen molar-refractivity contribution in [2.24, 2.45) is 11.7 Å². The van der Waals surface area contributed by atoms with Crippen LogP contribution in [0.4, 0.5) is 5.69 Å². The number of non-ortho nitro benzene ring substituents is 1. The van der Waals surface area contributed by atoms with E-state index in [4.69, 9.17) is 17.3 Å². The Morgan fingerprint density at radius 1 is 1.52 bits per heavy atom. The summed E-state index contributed by atoms with van der Waals surface area (Å²) in [6.45, 7) is 2.22. The van der Waals surface area contributed by atoms with Gasteiger partial charge in [0, 0.05) is 29.3 Å². The first-order valence-electron chi connectivity index (χ1n) is 6.33. The van der Waals surface area contributed by atoms with Gasteiger partial charge < -0.3 is 11.1 Å². The fourth-order valence-electron chi connectivity index (χ4n) is 2.18. The van der Waals surface area contributed by atoms with Crippen LogP contribution in [0.25, 0.3) is 0 Å². The Hall–Kier alpha value is -1.37. The number of rotatable bonds is 5. The van der Waals surface area contributed by atoms with Crippen molar-refractivity contribution in [3.8, 4) is 0 Å². The predicted molar refractivity (Wildman–Crippen MR) is 83.0 cm³/mol. The molecule has 1 atom stereocenters. The summed E-state index contributed by atoms with van der Waals surface area (Å²) in [5.41, 5.74) is 5.22. The highest BCUT2D eigenvalue weighted by atomic mass is 35.5. The van der Waals surface area contributed by atoms with Gasteiger partial charge in [0.15, 0.2) is 0 Å². The molecule has 3 N–H and O–H groups in total.